The molecule has 0 saturated heterocycles. The fourth-order valence-corrected chi connectivity index (χ4v) is 3.05. The van der Waals surface area contributed by atoms with Crippen LogP contribution in [0, 0.1) is 13.8 Å². The van der Waals surface area contributed by atoms with Gasteiger partial charge in [-0.05, 0) is 32.0 Å². The van der Waals surface area contributed by atoms with Gasteiger partial charge in [0.05, 0.1) is 5.69 Å². The van der Waals surface area contributed by atoms with Gasteiger partial charge in [0.15, 0.2) is 11.2 Å². The molecular weight excluding hydrogens is 352 g/mol. The molecule has 0 bridgehead atoms. The van der Waals surface area contributed by atoms with E-state index in [1.54, 1.807) is 16.9 Å². The summed E-state index contributed by atoms with van der Waals surface area (Å²) in [5, 5.41) is 4.87. The monoisotopic (exact) mass is 366 g/mol. The third-order valence-corrected chi connectivity index (χ3v) is 4.33. The summed E-state index contributed by atoms with van der Waals surface area (Å²) in [7, 11) is 1.86. The number of hydrogen-bond acceptors (Lipinski definition) is 5. The summed E-state index contributed by atoms with van der Waals surface area (Å²) < 4.78 is 1.77. The molecule has 0 aliphatic rings. The van der Waals surface area contributed by atoms with E-state index in [2.05, 4.69) is 25.0 Å². The lowest BCUT2D eigenvalue weighted by Gasteiger charge is -2.09. The Hall–Kier alpha value is -3.06. The van der Waals surface area contributed by atoms with Crippen LogP contribution in [0.25, 0.3) is 33.8 Å². The lowest BCUT2D eigenvalue weighted by molar-refractivity contribution is 0.742. The summed E-state index contributed by atoms with van der Waals surface area (Å²) >= 11 is 6.13. The maximum absolute atomic E-state index is 12.2. The van der Waals surface area contributed by atoms with Crippen LogP contribution in [0.3, 0.4) is 0 Å². The Morgan fingerprint density at radius 3 is 2.58 bits per heavy atom. The molecular formula is C18H15ClN6O. The number of aromatic nitrogens is 6. The molecule has 0 aliphatic carbocycles. The first-order valence-electron chi connectivity index (χ1n) is 7.97. The molecule has 0 aliphatic heterocycles. The highest BCUT2D eigenvalue weighted by Gasteiger charge is 2.18. The average molecular weight is 367 g/mol. The Bertz CT molecular complexity index is 1170. The molecule has 0 atom stereocenters. The number of pyridine rings is 2. The first-order valence-corrected chi connectivity index (χ1v) is 8.35. The van der Waals surface area contributed by atoms with E-state index in [1.807, 2.05) is 33.0 Å². The van der Waals surface area contributed by atoms with E-state index < -0.39 is 0 Å². The van der Waals surface area contributed by atoms with Gasteiger partial charge in [0.1, 0.15) is 16.5 Å². The standard InChI is InChI=1S/C18H15ClN6O/c1-9-6-11(8-14(19)21-9)15-16(12-7-10(2)25(3)24-12)23-18-17(22-15)13(26)4-5-20-18/h4-8H,1-3H3,(H,20,23,26). The Balaban J connectivity index is 2.09. The fraction of sp³-hybridized carbons (Fsp3) is 0.167. The van der Waals surface area contributed by atoms with Crippen molar-refractivity contribution in [2.24, 2.45) is 7.05 Å². The van der Waals surface area contributed by atoms with Gasteiger partial charge in [-0.3, -0.25) is 9.48 Å². The molecule has 0 spiro atoms. The van der Waals surface area contributed by atoms with Gasteiger partial charge >= 0.3 is 0 Å². The second kappa shape index (κ2) is 6.03. The van der Waals surface area contributed by atoms with Gasteiger partial charge in [-0.25, -0.2) is 15.0 Å². The summed E-state index contributed by atoms with van der Waals surface area (Å²) in [6, 6.07) is 6.92. The first-order chi connectivity index (χ1) is 12.4. The molecule has 0 radical (unpaired) electrons. The quantitative estimate of drug-likeness (QED) is 0.551. The topological polar surface area (TPSA) is 89.4 Å². The van der Waals surface area contributed by atoms with Crippen LogP contribution in [0.2, 0.25) is 5.15 Å². The molecule has 0 amide bonds. The smallest absolute Gasteiger partial charge is 0.209 e. The molecule has 4 rings (SSSR count). The predicted octanol–water partition coefficient (Wildman–Crippen LogP) is 3.05. The number of H-pyrrole nitrogens is 1. The number of halogens is 1. The third-order valence-electron chi connectivity index (χ3n) is 4.14. The molecule has 0 fully saturated rings. The SMILES string of the molecule is Cc1cc(-c2nc3c(=O)cc[nH]c3nc2-c2cc(C)n(C)n2)cc(Cl)n1. The minimum atomic E-state index is -0.201. The number of hydrogen-bond donors (Lipinski definition) is 1. The molecule has 4 heterocycles. The predicted molar refractivity (Wildman–Crippen MR) is 100 cm³/mol. The number of aromatic amines is 1. The molecule has 7 nitrogen and oxygen atoms in total. The lowest BCUT2D eigenvalue weighted by Crippen LogP contribution is -2.07. The van der Waals surface area contributed by atoms with Crippen LogP contribution >= 0.6 is 11.6 Å². The zero-order valence-corrected chi connectivity index (χ0v) is 15.2. The molecule has 4 aromatic rings. The zero-order valence-electron chi connectivity index (χ0n) is 14.4. The second-order valence-corrected chi connectivity index (χ2v) is 6.46. The number of fused-ring (bicyclic) bond motifs is 1. The number of aryl methyl sites for hydroxylation is 3. The van der Waals surface area contributed by atoms with Crippen LogP contribution in [0.5, 0.6) is 0 Å². The highest BCUT2D eigenvalue weighted by Crippen LogP contribution is 2.31. The summed E-state index contributed by atoms with van der Waals surface area (Å²) in [5.41, 5.74) is 4.74. The van der Waals surface area contributed by atoms with Gasteiger partial charge in [-0.1, -0.05) is 11.6 Å². The van der Waals surface area contributed by atoms with E-state index in [9.17, 15) is 4.79 Å². The summed E-state index contributed by atoms with van der Waals surface area (Å²) in [6.07, 6.45) is 1.56. The Morgan fingerprint density at radius 1 is 1.08 bits per heavy atom. The van der Waals surface area contributed by atoms with Crippen LogP contribution in [0.4, 0.5) is 0 Å². The number of nitrogens with one attached hydrogen (secondary N) is 1. The van der Waals surface area contributed by atoms with Crippen LogP contribution in [0.15, 0.2) is 35.3 Å². The van der Waals surface area contributed by atoms with Crippen molar-refractivity contribution in [3.63, 3.8) is 0 Å². The van der Waals surface area contributed by atoms with E-state index in [0.717, 1.165) is 17.0 Å². The molecule has 26 heavy (non-hydrogen) atoms. The molecule has 1 N–H and O–H groups in total. The van der Waals surface area contributed by atoms with Gasteiger partial charge in [0, 0.05) is 36.3 Å². The number of rotatable bonds is 2. The third kappa shape index (κ3) is 2.76. The van der Waals surface area contributed by atoms with Crippen molar-refractivity contribution in [3.05, 3.63) is 57.2 Å². The highest BCUT2D eigenvalue weighted by molar-refractivity contribution is 6.29. The van der Waals surface area contributed by atoms with Gasteiger partial charge < -0.3 is 4.98 Å². The van der Waals surface area contributed by atoms with Crippen molar-refractivity contribution in [1.82, 2.24) is 29.7 Å². The summed E-state index contributed by atoms with van der Waals surface area (Å²) in [5.74, 6) is 0. The lowest BCUT2D eigenvalue weighted by atomic mass is 10.1. The maximum atomic E-state index is 12.2. The molecule has 4 aromatic heterocycles. The van der Waals surface area contributed by atoms with Gasteiger partial charge in [-0.2, -0.15) is 5.10 Å². The number of nitrogens with zero attached hydrogens (tertiary/aromatic N) is 5. The van der Waals surface area contributed by atoms with Crippen LogP contribution < -0.4 is 5.43 Å². The van der Waals surface area contributed by atoms with Crippen molar-refractivity contribution in [2.45, 2.75) is 13.8 Å². The zero-order chi connectivity index (χ0) is 18.4. The van der Waals surface area contributed by atoms with E-state index in [1.165, 1.54) is 6.07 Å². The van der Waals surface area contributed by atoms with Crippen molar-refractivity contribution < 1.29 is 0 Å². The normalized spacial score (nSPS) is 11.2. The molecule has 0 unspecified atom stereocenters. The maximum Gasteiger partial charge on any atom is 0.209 e. The van der Waals surface area contributed by atoms with Crippen molar-refractivity contribution in [1.29, 1.82) is 0 Å². The molecule has 8 heteroatoms. The van der Waals surface area contributed by atoms with Crippen molar-refractivity contribution in [3.8, 4) is 22.6 Å². The van der Waals surface area contributed by atoms with Gasteiger partial charge in [-0.15, -0.1) is 0 Å². The van der Waals surface area contributed by atoms with E-state index in [4.69, 9.17) is 11.6 Å². The first kappa shape index (κ1) is 16.4. The Morgan fingerprint density at radius 2 is 1.88 bits per heavy atom. The fourth-order valence-electron chi connectivity index (χ4n) is 2.80. The highest BCUT2D eigenvalue weighted by atomic mass is 35.5. The van der Waals surface area contributed by atoms with Gasteiger partial charge in [0.2, 0.25) is 5.43 Å². The van der Waals surface area contributed by atoms with Crippen molar-refractivity contribution >= 4 is 22.8 Å². The minimum Gasteiger partial charge on any atom is -0.345 e. The molecule has 0 aromatic carbocycles. The van der Waals surface area contributed by atoms with E-state index >= 15 is 0 Å². The van der Waals surface area contributed by atoms with Crippen LogP contribution in [-0.4, -0.2) is 29.7 Å². The summed E-state index contributed by atoms with van der Waals surface area (Å²) in [4.78, 5) is 28.6. The van der Waals surface area contributed by atoms with E-state index in [0.29, 0.717) is 27.9 Å². The Labute approximate surface area is 153 Å². The van der Waals surface area contributed by atoms with Gasteiger partial charge in [0.25, 0.3) is 0 Å². The average Bonchev–Trinajstić information content (AvgIpc) is 2.92. The minimum absolute atomic E-state index is 0.201. The van der Waals surface area contributed by atoms with Crippen molar-refractivity contribution in [2.75, 3.05) is 0 Å². The summed E-state index contributed by atoms with van der Waals surface area (Å²) in [6.45, 7) is 3.81. The van der Waals surface area contributed by atoms with E-state index in [-0.39, 0.29) is 10.9 Å². The molecule has 130 valence electrons. The largest absolute Gasteiger partial charge is 0.345 e. The Kier molecular flexibility index (Phi) is 3.81. The second-order valence-electron chi connectivity index (χ2n) is 6.07. The van der Waals surface area contributed by atoms with Crippen LogP contribution in [-0.2, 0) is 7.05 Å². The van der Waals surface area contributed by atoms with Crippen LogP contribution in [0.1, 0.15) is 11.4 Å². The molecule has 0 saturated carbocycles.